The summed E-state index contributed by atoms with van der Waals surface area (Å²) in [5.74, 6) is 0.0796. The quantitative estimate of drug-likeness (QED) is 0.0803. The maximum Gasteiger partial charge on any atom is 0.294 e. The summed E-state index contributed by atoms with van der Waals surface area (Å²) in [5.41, 5.74) is 1.33. The highest BCUT2D eigenvalue weighted by Gasteiger charge is 2.21. The molecule has 1 aromatic heterocycles. The van der Waals surface area contributed by atoms with Gasteiger partial charge in [0.15, 0.2) is 0 Å². The van der Waals surface area contributed by atoms with Crippen molar-refractivity contribution in [1.82, 2.24) is 9.97 Å². The van der Waals surface area contributed by atoms with Crippen LogP contribution in [0.25, 0.3) is 11.0 Å². The second kappa shape index (κ2) is 16.6. The van der Waals surface area contributed by atoms with Crippen LogP contribution in [0.5, 0.6) is 0 Å². The molecule has 1 heterocycles. The van der Waals surface area contributed by atoms with E-state index in [-0.39, 0.29) is 24.2 Å². The summed E-state index contributed by atoms with van der Waals surface area (Å²) in [4.78, 5) is 8.02. The fraction of sp³-hybridized carbons (Fsp3) is 0.704. The van der Waals surface area contributed by atoms with Crippen molar-refractivity contribution in [2.75, 3.05) is 5.75 Å². The van der Waals surface area contributed by atoms with E-state index in [1.807, 2.05) is 0 Å². The number of nitrogens with one attached hydrogen (secondary N) is 1. The summed E-state index contributed by atoms with van der Waals surface area (Å²) < 4.78 is 64.7. The maximum atomic E-state index is 12.0. The summed E-state index contributed by atoms with van der Waals surface area (Å²) in [6, 6.07) is 2.86. The minimum absolute atomic E-state index is 0.163. The lowest BCUT2D eigenvalue weighted by Crippen LogP contribution is -2.08. The molecular weight excluding hydrogens is 545 g/mol. The fourth-order valence-corrected chi connectivity index (χ4v) is 6.26. The molecule has 0 atom stereocenters. The SMILES string of the molecule is CCCCCCCCCCCCCCCC(=S)Cc1c(S(=O)(=O)O)ccc2[nH]c(CCCS(=O)(=O)O)nc12. The van der Waals surface area contributed by atoms with Gasteiger partial charge in [-0.05, 0) is 36.3 Å². The first-order valence-corrected chi connectivity index (χ1v) is 17.4. The number of nitrogens with zero attached hydrogens (tertiary/aromatic N) is 1. The molecule has 216 valence electrons. The zero-order valence-electron chi connectivity index (χ0n) is 22.6. The molecule has 0 bridgehead atoms. The Morgan fingerprint density at radius 1 is 0.842 bits per heavy atom. The summed E-state index contributed by atoms with van der Waals surface area (Å²) in [7, 11) is -8.54. The molecule has 2 aromatic rings. The van der Waals surface area contributed by atoms with Gasteiger partial charge in [0.2, 0.25) is 0 Å². The van der Waals surface area contributed by atoms with Crippen LogP contribution in [0.2, 0.25) is 0 Å². The van der Waals surface area contributed by atoms with Gasteiger partial charge in [0.25, 0.3) is 20.2 Å². The average Bonchev–Trinajstić information content (AvgIpc) is 3.24. The molecule has 1 aromatic carbocycles. The van der Waals surface area contributed by atoms with Crippen LogP contribution in [-0.2, 0) is 33.1 Å². The molecule has 0 saturated heterocycles. The Morgan fingerprint density at radius 3 is 1.92 bits per heavy atom. The molecule has 0 aliphatic heterocycles. The number of aryl methyl sites for hydroxylation is 1. The van der Waals surface area contributed by atoms with E-state index in [4.69, 9.17) is 16.8 Å². The fourth-order valence-electron chi connectivity index (χ4n) is 4.74. The van der Waals surface area contributed by atoms with Gasteiger partial charge in [-0.25, -0.2) is 4.98 Å². The normalized spacial score (nSPS) is 12.4. The number of hydrogen-bond acceptors (Lipinski definition) is 6. The average molecular weight is 589 g/mol. The number of benzene rings is 1. The Labute approximate surface area is 233 Å². The largest absolute Gasteiger partial charge is 0.342 e. The number of imidazole rings is 1. The van der Waals surface area contributed by atoms with Crippen LogP contribution in [0.3, 0.4) is 0 Å². The third-order valence-corrected chi connectivity index (χ3v) is 8.88. The predicted octanol–water partition coefficient (Wildman–Crippen LogP) is 7.02. The smallest absolute Gasteiger partial charge is 0.294 e. The number of aromatic nitrogens is 2. The van der Waals surface area contributed by atoms with Crippen molar-refractivity contribution in [2.24, 2.45) is 0 Å². The van der Waals surface area contributed by atoms with E-state index >= 15 is 0 Å². The van der Waals surface area contributed by atoms with E-state index in [1.165, 1.54) is 76.3 Å². The third kappa shape index (κ3) is 12.6. The third-order valence-electron chi connectivity index (χ3n) is 6.79. The van der Waals surface area contributed by atoms with Crippen LogP contribution in [0.4, 0.5) is 0 Å². The van der Waals surface area contributed by atoms with Crippen LogP contribution in [0, 0.1) is 0 Å². The number of hydrogen-bond donors (Lipinski definition) is 3. The number of H-pyrrole nitrogens is 1. The standard InChI is InChI=1S/C27H44N2O6S3/c1-2-3-4-5-6-7-8-9-10-11-12-13-14-16-22(36)21-23-25(38(33,34)35)19-18-24-27(23)29-26(28-24)17-15-20-37(30,31)32/h18-19H,2-17,20-21H2,1H3,(H,28,29)(H,30,31,32)(H,33,34,35). The van der Waals surface area contributed by atoms with Crippen LogP contribution in [0.15, 0.2) is 17.0 Å². The van der Waals surface area contributed by atoms with Gasteiger partial charge in [-0.2, -0.15) is 16.8 Å². The minimum Gasteiger partial charge on any atom is -0.342 e. The molecule has 11 heteroatoms. The minimum atomic E-state index is -4.47. The Hall–Kier alpha value is -1.40. The van der Waals surface area contributed by atoms with Crippen molar-refractivity contribution < 1.29 is 25.9 Å². The Balaban J connectivity index is 1.82. The van der Waals surface area contributed by atoms with E-state index in [9.17, 15) is 21.4 Å². The molecule has 38 heavy (non-hydrogen) atoms. The van der Waals surface area contributed by atoms with Gasteiger partial charge in [-0.1, -0.05) is 96.2 Å². The van der Waals surface area contributed by atoms with Gasteiger partial charge in [0, 0.05) is 18.4 Å². The highest BCUT2D eigenvalue weighted by atomic mass is 32.2. The second-order valence-electron chi connectivity index (χ2n) is 10.2. The van der Waals surface area contributed by atoms with Crippen molar-refractivity contribution in [3.8, 4) is 0 Å². The first-order chi connectivity index (χ1) is 18.0. The molecule has 3 N–H and O–H groups in total. The van der Waals surface area contributed by atoms with Gasteiger partial charge in [0.05, 0.1) is 21.7 Å². The summed E-state index contributed by atoms with van der Waals surface area (Å²) in [6.07, 6.45) is 17.7. The zero-order chi connectivity index (χ0) is 28.0. The topological polar surface area (TPSA) is 137 Å². The van der Waals surface area contributed by atoms with Crippen LogP contribution >= 0.6 is 12.2 Å². The van der Waals surface area contributed by atoms with Crippen LogP contribution in [0.1, 0.15) is 115 Å². The van der Waals surface area contributed by atoms with E-state index < -0.39 is 26.0 Å². The lowest BCUT2D eigenvalue weighted by molar-refractivity contribution is 0.479. The Kier molecular flexibility index (Phi) is 14.4. The van der Waals surface area contributed by atoms with Crippen LogP contribution < -0.4 is 0 Å². The lowest BCUT2D eigenvalue weighted by Gasteiger charge is -2.09. The zero-order valence-corrected chi connectivity index (χ0v) is 25.0. The van der Waals surface area contributed by atoms with Gasteiger partial charge in [-0.3, -0.25) is 9.11 Å². The molecule has 0 spiro atoms. The molecule has 0 unspecified atom stereocenters. The highest BCUT2D eigenvalue weighted by Crippen LogP contribution is 2.26. The van der Waals surface area contributed by atoms with Crippen molar-refractivity contribution in [2.45, 2.75) is 121 Å². The van der Waals surface area contributed by atoms with Gasteiger partial charge >= 0.3 is 0 Å². The maximum absolute atomic E-state index is 12.0. The molecule has 0 radical (unpaired) electrons. The molecule has 0 aliphatic carbocycles. The number of rotatable bonds is 21. The second-order valence-corrected chi connectivity index (χ2v) is 13.7. The lowest BCUT2D eigenvalue weighted by atomic mass is 10.0. The molecule has 2 rings (SSSR count). The van der Waals surface area contributed by atoms with E-state index in [0.29, 0.717) is 33.7 Å². The summed E-state index contributed by atoms with van der Waals surface area (Å²) in [6.45, 7) is 2.24. The monoisotopic (exact) mass is 588 g/mol. The van der Waals surface area contributed by atoms with E-state index in [1.54, 1.807) is 0 Å². The van der Waals surface area contributed by atoms with Crippen molar-refractivity contribution in [3.05, 3.63) is 23.5 Å². The van der Waals surface area contributed by atoms with Crippen molar-refractivity contribution in [1.29, 1.82) is 0 Å². The molecular formula is C27H44N2O6S3. The number of fused-ring (bicyclic) bond motifs is 1. The highest BCUT2D eigenvalue weighted by molar-refractivity contribution is 7.86. The summed E-state index contributed by atoms with van der Waals surface area (Å²) in [5, 5.41) is 0. The van der Waals surface area contributed by atoms with Gasteiger partial charge in [-0.15, -0.1) is 0 Å². The number of aromatic amines is 1. The summed E-state index contributed by atoms with van der Waals surface area (Å²) >= 11 is 5.58. The van der Waals surface area contributed by atoms with Crippen molar-refractivity contribution in [3.63, 3.8) is 0 Å². The molecule has 0 saturated carbocycles. The predicted molar refractivity (Wildman–Crippen MR) is 157 cm³/mol. The van der Waals surface area contributed by atoms with Crippen LogP contribution in [-0.4, -0.2) is 46.5 Å². The first-order valence-electron chi connectivity index (χ1n) is 14.0. The Bertz CT molecular complexity index is 1220. The molecule has 0 amide bonds. The number of unbranched alkanes of at least 4 members (excludes halogenated alkanes) is 12. The van der Waals surface area contributed by atoms with E-state index in [2.05, 4.69) is 16.9 Å². The van der Waals surface area contributed by atoms with Crippen molar-refractivity contribution >= 4 is 48.4 Å². The first kappa shape index (κ1) is 32.8. The van der Waals surface area contributed by atoms with Gasteiger partial charge in [0.1, 0.15) is 5.82 Å². The van der Waals surface area contributed by atoms with Gasteiger partial charge < -0.3 is 4.98 Å². The molecule has 0 fully saturated rings. The van der Waals surface area contributed by atoms with E-state index in [0.717, 1.165) is 19.3 Å². The Morgan fingerprint density at radius 2 is 1.39 bits per heavy atom. The molecule has 0 aliphatic rings. The molecule has 8 nitrogen and oxygen atoms in total. The number of thiocarbonyl (C=S) groups is 1.